The maximum atomic E-state index is 13.0. The normalized spacial score (nSPS) is 19.3. The van der Waals surface area contributed by atoms with Crippen molar-refractivity contribution in [3.8, 4) is 0 Å². The first-order valence-electron chi connectivity index (χ1n) is 30.7. The summed E-state index contributed by atoms with van der Waals surface area (Å²) < 4.78 is 16.7. The van der Waals surface area contributed by atoms with Gasteiger partial charge in [0, 0.05) is 12.8 Å². The van der Waals surface area contributed by atoms with Crippen LogP contribution in [0, 0.1) is 0 Å². The lowest BCUT2D eigenvalue weighted by atomic mass is 9.99. The number of carbonyl (C=O) groups excluding carboxylic acids is 2. The third kappa shape index (κ3) is 42.8. The van der Waals surface area contributed by atoms with E-state index in [2.05, 4.69) is 79.9 Å². The Balaban J connectivity index is 2.06. The van der Waals surface area contributed by atoms with Crippen LogP contribution in [0.1, 0.15) is 258 Å². The van der Waals surface area contributed by atoms with Crippen molar-refractivity contribution in [3.63, 3.8) is 0 Å². The van der Waals surface area contributed by atoms with Crippen LogP contribution in [-0.4, -0.2) is 100 Å². The zero-order chi connectivity index (χ0) is 54.5. The molecule has 0 aromatic carbocycles. The van der Waals surface area contributed by atoms with Gasteiger partial charge in [0.05, 0.1) is 32.0 Å². The maximum absolute atomic E-state index is 13.0. The number of rotatable bonds is 52. The van der Waals surface area contributed by atoms with E-state index >= 15 is 0 Å². The van der Waals surface area contributed by atoms with Crippen LogP contribution < -0.4 is 5.32 Å². The first-order chi connectivity index (χ1) is 36.7. The average molecular weight is 1060 g/mol. The molecule has 0 spiro atoms. The number of unbranched alkanes of at least 4 members (excludes halogenated alkanes) is 28. The van der Waals surface area contributed by atoms with Crippen molar-refractivity contribution < 1.29 is 49.3 Å². The second-order valence-corrected chi connectivity index (χ2v) is 21.0. The number of carbonyl (C=O) groups is 2. The van der Waals surface area contributed by atoms with Crippen molar-refractivity contribution in [1.29, 1.82) is 0 Å². The molecule has 1 rings (SSSR count). The second-order valence-electron chi connectivity index (χ2n) is 21.0. The third-order valence-electron chi connectivity index (χ3n) is 14.0. The highest BCUT2D eigenvalue weighted by Crippen LogP contribution is 2.23. The first kappa shape index (κ1) is 70.1. The van der Waals surface area contributed by atoms with Crippen molar-refractivity contribution in [2.24, 2.45) is 0 Å². The van der Waals surface area contributed by atoms with E-state index in [1.807, 2.05) is 6.08 Å². The fraction of sp³-hybridized carbons (Fsp3) is 0.781. The Morgan fingerprint density at radius 2 is 0.933 bits per heavy atom. The Morgan fingerprint density at radius 1 is 0.493 bits per heavy atom. The minimum Gasteiger partial charge on any atom is -0.466 e. The van der Waals surface area contributed by atoms with Crippen LogP contribution in [0.4, 0.5) is 0 Å². The maximum Gasteiger partial charge on any atom is 0.305 e. The standard InChI is InChI=1S/C64H113NO10/c1-3-5-7-9-11-13-15-27-32-36-40-44-48-52-60(69)73-53-49-45-41-37-33-29-26-24-22-20-18-16-17-19-21-23-25-28-31-35-39-43-47-51-59(68)65-56(55-74-64-63(72)62(71)61(70)58(54-66)75-64)57(67)50-46-42-38-34-30-14-12-10-8-6-4-2/h7,9,13,15-16,18-19,21,30,34,46,50,56-58,61-64,66-67,70-72H,3-6,8,10-12,14,17,20,22-29,31-33,35-45,47-49,51-55H2,1-2H3,(H,65,68)/b9-7-,15-13-,18-16-,21-19-,34-30+,50-46+. The van der Waals surface area contributed by atoms with E-state index in [1.165, 1.54) is 128 Å². The molecule has 1 fully saturated rings. The van der Waals surface area contributed by atoms with E-state index in [1.54, 1.807) is 6.08 Å². The molecule has 7 atom stereocenters. The highest BCUT2D eigenvalue weighted by molar-refractivity contribution is 5.76. The number of hydrogen-bond donors (Lipinski definition) is 6. The fourth-order valence-corrected chi connectivity index (χ4v) is 9.11. The summed E-state index contributed by atoms with van der Waals surface area (Å²) in [6.45, 7) is 4.21. The Hall–Kier alpha value is -2.90. The molecule has 7 unspecified atom stereocenters. The molecule has 0 radical (unpaired) electrons. The molecule has 1 heterocycles. The highest BCUT2D eigenvalue weighted by atomic mass is 16.7. The molecule has 1 aliphatic rings. The molecule has 1 aliphatic heterocycles. The zero-order valence-corrected chi connectivity index (χ0v) is 47.7. The molecule has 11 nitrogen and oxygen atoms in total. The van der Waals surface area contributed by atoms with Gasteiger partial charge in [0.2, 0.25) is 5.91 Å². The van der Waals surface area contributed by atoms with Crippen LogP contribution in [-0.2, 0) is 23.8 Å². The molecule has 434 valence electrons. The number of ether oxygens (including phenoxy) is 3. The number of esters is 1. The molecule has 11 heteroatoms. The second kappa shape index (κ2) is 53.1. The summed E-state index contributed by atoms with van der Waals surface area (Å²) in [7, 11) is 0. The van der Waals surface area contributed by atoms with Crippen molar-refractivity contribution >= 4 is 11.9 Å². The highest BCUT2D eigenvalue weighted by Gasteiger charge is 2.44. The van der Waals surface area contributed by atoms with Gasteiger partial charge in [-0.05, 0) is 103 Å². The van der Waals surface area contributed by atoms with Crippen molar-refractivity contribution in [2.75, 3.05) is 19.8 Å². The molecule has 75 heavy (non-hydrogen) atoms. The summed E-state index contributed by atoms with van der Waals surface area (Å²) in [6.07, 6.45) is 60.1. The van der Waals surface area contributed by atoms with Gasteiger partial charge in [-0.1, -0.05) is 215 Å². The predicted octanol–water partition coefficient (Wildman–Crippen LogP) is 14.4. The molecule has 0 aromatic heterocycles. The largest absolute Gasteiger partial charge is 0.466 e. The molecule has 1 saturated heterocycles. The zero-order valence-electron chi connectivity index (χ0n) is 47.7. The van der Waals surface area contributed by atoms with E-state index in [-0.39, 0.29) is 18.5 Å². The Labute approximate surface area is 458 Å². The van der Waals surface area contributed by atoms with E-state index in [4.69, 9.17) is 14.2 Å². The topological polar surface area (TPSA) is 175 Å². The van der Waals surface area contributed by atoms with Crippen LogP contribution >= 0.6 is 0 Å². The van der Waals surface area contributed by atoms with E-state index in [9.17, 15) is 35.1 Å². The number of nitrogens with one attached hydrogen (secondary N) is 1. The molecule has 1 amide bonds. The summed E-state index contributed by atoms with van der Waals surface area (Å²) >= 11 is 0. The van der Waals surface area contributed by atoms with Crippen molar-refractivity contribution in [1.82, 2.24) is 5.32 Å². The van der Waals surface area contributed by atoms with Crippen LogP contribution in [0.5, 0.6) is 0 Å². The Morgan fingerprint density at radius 3 is 1.45 bits per heavy atom. The van der Waals surface area contributed by atoms with Gasteiger partial charge in [-0.3, -0.25) is 9.59 Å². The smallest absolute Gasteiger partial charge is 0.305 e. The molecule has 0 aliphatic carbocycles. The Kier molecular flexibility index (Phi) is 49.7. The van der Waals surface area contributed by atoms with Gasteiger partial charge in [-0.15, -0.1) is 0 Å². The summed E-state index contributed by atoms with van der Waals surface area (Å²) in [5, 5.41) is 54.3. The quantitative estimate of drug-likeness (QED) is 0.0195. The number of amides is 1. The molecule has 0 saturated carbocycles. The van der Waals surface area contributed by atoms with E-state index in [0.717, 1.165) is 103 Å². The van der Waals surface area contributed by atoms with Crippen LogP contribution in [0.3, 0.4) is 0 Å². The lowest BCUT2D eigenvalue weighted by Gasteiger charge is -2.40. The van der Waals surface area contributed by atoms with E-state index < -0.39 is 49.5 Å². The first-order valence-corrected chi connectivity index (χ1v) is 30.7. The number of aliphatic hydroxyl groups excluding tert-OH is 5. The van der Waals surface area contributed by atoms with E-state index in [0.29, 0.717) is 19.4 Å². The third-order valence-corrected chi connectivity index (χ3v) is 14.0. The summed E-state index contributed by atoms with van der Waals surface area (Å²) in [6, 6.07) is -0.836. The Bertz CT molecular complexity index is 1470. The van der Waals surface area contributed by atoms with Crippen LogP contribution in [0.15, 0.2) is 72.9 Å². The molecular weight excluding hydrogens is 943 g/mol. The number of allylic oxidation sites excluding steroid dienone is 11. The van der Waals surface area contributed by atoms with Crippen molar-refractivity contribution in [2.45, 2.75) is 301 Å². The number of aliphatic hydroxyl groups is 5. The summed E-state index contributed by atoms with van der Waals surface area (Å²) in [4.78, 5) is 25.0. The lowest BCUT2D eigenvalue weighted by Crippen LogP contribution is -2.60. The van der Waals surface area contributed by atoms with Gasteiger partial charge < -0.3 is 45.1 Å². The predicted molar refractivity (Wildman–Crippen MR) is 310 cm³/mol. The monoisotopic (exact) mass is 1060 g/mol. The number of hydrogen-bond acceptors (Lipinski definition) is 10. The van der Waals surface area contributed by atoms with Gasteiger partial charge >= 0.3 is 5.97 Å². The van der Waals surface area contributed by atoms with Gasteiger partial charge in [0.1, 0.15) is 24.4 Å². The summed E-state index contributed by atoms with van der Waals surface area (Å²) in [5.41, 5.74) is 0. The van der Waals surface area contributed by atoms with Crippen LogP contribution in [0.25, 0.3) is 0 Å². The fourth-order valence-electron chi connectivity index (χ4n) is 9.11. The SMILES string of the molecule is CCC/C=C\C/C=C\CCCCCCCC(=O)OCCCCCCCCCCC/C=C\C/C=C\CCCCCCCCCC(=O)NC(COC1OC(CO)C(O)C(O)C1O)C(O)/C=C/CC/C=C/CCCCCCC. The minimum absolute atomic E-state index is 0.0216. The van der Waals surface area contributed by atoms with Gasteiger partial charge in [-0.25, -0.2) is 0 Å². The summed E-state index contributed by atoms with van der Waals surface area (Å²) in [5.74, 6) is -0.227. The van der Waals surface area contributed by atoms with Crippen LogP contribution in [0.2, 0.25) is 0 Å². The molecule has 0 bridgehead atoms. The molecular formula is C64H113NO10. The van der Waals surface area contributed by atoms with Crippen molar-refractivity contribution in [3.05, 3.63) is 72.9 Å². The van der Waals surface area contributed by atoms with Gasteiger partial charge in [0.15, 0.2) is 6.29 Å². The van der Waals surface area contributed by atoms with Gasteiger partial charge in [-0.2, -0.15) is 0 Å². The molecule has 6 N–H and O–H groups in total. The lowest BCUT2D eigenvalue weighted by molar-refractivity contribution is -0.302. The molecule has 0 aromatic rings. The minimum atomic E-state index is -1.58. The average Bonchev–Trinajstić information content (AvgIpc) is 3.41. The van der Waals surface area contributed by atoms with Gasteiger partial charge in [0.25, 0.3) is 0 Å².